The number of hydrogen-bond donors (Lipinski definition) is 3. The molecule has 0 heterocycles. The van der Waals surface area contributed by atoms with Gasteiger partial charge >= 0.3 is 5.97 Å². The van der Waals surface area contributed by atoms with Gasteiger partial charge in [0.15, 0.2) is 0 Å². The molecule has 0 fully saturated rings. The highest BCUT2D eigenvalue weighted by Crippen LogP contribution is 2.28. The van der Waals surface area contributed by atoms with Gasteiger partial charge in [-0.15, -0.1) is 0 Å². The molecule has 1 aromatic rings. The predicted molar refractivity (Wildman–Crippen MR) is 83.1 cm³/mol. The molecule has 0 aliphatic heterocycles. The van der Waals surface area contributed by atoms with Crippen LogP contribution < -0.4 is 5.32 Å². The Kier molecular flexibility index (Phi) is 7.05. The van der Waals surface area contributed by atoms with E-state index in [2.05, 4.69) is 5.32 Å². The fourth-order valence-corrected chi connectivity index (χ4v) is 3.06. The molecule has 0 radical (unpaired) electrons. The van der Waals surface area contributed by atoms with Crippen LogP contribution in [0.25, 0.3) is 0 Å². The van der Waals surface area contributed by atoms with Gasteiger partial charge in [-0.05, 0) is 24.3 Å². The van der Waals surface area contributed by atoms with Crippen LogP contribution in [-0.2, 0) is 10.3 Å². The molecule has 0 aliphatic rings. The summed E-state index contributed by atoms with van der Waals surface area (Å²) in [6.45, 7) is 4.53. The number of rotatable bonds is 9. The lowest BCUT2D eigenvalue weighted by molar-refractivity contribution is -0.145. The zero-order valence-corrected chi connectivity index (χ0v) is 12.8. The minimum absolute atomic E-state index is 0.108. The van der Waals surface area contributed by atoms with Gasteiger partial charge < -0.3 is 10.2 Å². The number of carboxylic acids is 1. The summed E-state index contributed by atoms with van der Waals surface area (Å²) in [6, 6.07) is 9.28. The molecule has 112 valence electrons. The topological polar surface area (TPSA) is 69.6 Å². The summed E-state index contributed by atoms with van der Waals surface area (Å²) >= 11 is 1.59. The number of carboxylic acid groups (broad SMARTS) is 1. The normalized spacial score (nSPS) is 15.6. The van der Waals surface area contributed by atoms with Crippen molar-refractivity contribution in [2.75, 3.05) is 18.9 Å². The number of benzene rings is 1. The molecule has 2 atom stereocenters. The van der Waals surface area contributed by atoms with Gasteiger partial charge in [0.05, 0.1) is 6.61 Å². The lowest BCUT2D eigenvalue weighted by Crippen LogP contribution is -2.49. The Morgan fingerprint density at radius 1 is 1.40 bits per heavy atom. The summed E-state index contributed by atoms with van der Waals surface area (Å²) in [5.41, 5.74) is -0.287. The average Bonchev–Trinajstić information content (AvgIpc) is 2.46. The number of likely N-dealkylation sites (N-methyl/N-ethyl adjacent to an activating group) is 1. The highest BCUT2D eigenvalue weighted by atomic mass is 32.2. The third kappa shape index (κ3) is 4.23. The van der Waals surface area contributed by atoms with Crippen LogP contribution in [0.1, 0.15) is 25.8 Å². The van der Waals surface area contributed by atoms with E-state index in [1.807, 2.05) is 44.2 Å². The summed E-state index contributed by atoms with van der Waals surface area (Å²) in [7, 11) is 0. The number of aliphatic hydroxyl groups is 1. The number of aliphatic carboxylic acids is 1. The van der Waals surface area contributed by atoms with Crippen molar-refractivity contribution in [3.8, 4) is 0 Å². The van der Waals surface area contributed by atoms with E-state index < -0.39 is 11.5 Å². The van der Waals surface area contributed by atoms with Crippen molar-refractivity contribution in [1.82, 2.24) is 5.32 Å². The first-order valence-electron chi connectivity index (χ1n) is 6.83. The van der Waals surface area contributed by atoms with Crippen LogP contribution in [0.4, 0.5) is 0 Å². The number of hydrogen-bond acceptors (Lipinski definition) is 4. The van der Waals surface area contributed by atoms with Crippen LogP contribution in [0.2, 0.25) is 0 Å². The second-order valence-corrected chi connectivity index (χ2v) is 6.27. The summed E-state index contributed by atoms with van der Waals surface area (Å²) in [5.74, 6) is -0.182. The maximum absolute atomic E-state index is 11.8. The van der Waals surface area contributed by atoms with Crippen LogP contribution in [0.5, 0.6) is 0 Å². The van der Waals surface area contributed by atoms with E-state index in [4.69, 9.17) is 5.11 Å². The summed E-state index contributed by atoms with van der Waals surface area (Å²) in [5, 5.41) is 22.0. The summed E-state index contributed by atoms with van der Waals surface area (Å²) in [6.07, 6.45) is 0.481. The van der Waals surface area contributed by atoms with E-state index in [0.717, 1.165) is 5.56 Å². The molecule has 1 rings (SSSR count). The summed E-state index contributed by atoms with van der Waals surface area (Å²) < 4.78 is 0. The van der Waals surface area contributed by atoms with Gasteiger partial charge in [0.1, 0.15) is 5.54 Å². The Morgan fingerprint density at radius 3 is 2.55 bits per heavy atom. The SMILES string of the molecule is CCNC(CCSC(C)CO)(C(=O)O)c1ccccc1. The highest BCUT2D eigenvalue weighted by molar-refractivity contribution is 7.99. The molecule has 0 saturated heterocycles. The van der Waals surface area contributed by atoms with Gasteiger partial charge in [0.25, 0.3) is 0 Å². The van der Waals surface area contributed by atoms with Crippen molar-refractivity contribution in [2.24, 2.45) is 0 Å². The third-order valence-electron chi connectivity index (χ3n) is 3.25. The first-order chi connectivity index (χ1) is 9.56. The molecule has 3 N–H and O–H groups in total. The lowest BCUT2D eigenvalue weighted by atomic mass is 9.87. The van der Waals surface area contributed by atoms with E-state index in [0.29, 0.717) is 18.7 Å². The van der Waals surface area contributed by atoms with Crippen LogP contribution in [0, 0.1) is 0 Å². The Morgan fingerprint density at radius 2 is 2.05 bits per heavy atom. The Labute approximate surface area is 124 Å². The second kappa shape index (κ2) is 8.29. The molecular weight excluding hydrogens is 274 g/mol. The minimum Gasteiger partial charge on any atom is -0.480 e. The van der Waals surface area contributed by atoms with E-state index in [1.165, 1.54) is 0 Å². The van der Waals surface area contributed by atoms with Gasteiger partial charge in [-0.2, -0.15) is 11.8 Å². The molecule has 0 amide bonds. The Bertz CT molecular complexity index is 413. The molecule has 1 aromatic carbocycles. The summed E-state index contributed by atoms with van der Waals surface area (Å²) in [4.78, 5) is 11.8. The zero-order valence-electron chi connectivity index (χ0n) is 12.0. The van der Waals surface area contributed by atoms with Crippen molar-refractivity contribution in [3.63, 3.8) is 0 Å². The molecular formula is C15H23NO3S. The Hall–Kier alpha value is -1.04. The lowest BCUT2D eigenvalue weighted by Gasteiger charge is -2.31. The van der Waals surface area contributed by atoms with Crippen LogP contribution in [-0.4, -0.2) is 40.3 Å². The average molecular weight is 297 g/mol. The molecule has 0 saturated carbocycles. The van der Waals surface area contributed by atoms with Gasteiger partial charge in [-0.1, -0.05) is 44.2 Å². The molecule has 5 heteroatoms. The maximum Gasteiger partial charge on any atom is 0.328 e. The first-order valence-corrected chi connectivity index (χ1v) is 7.88. The monoisotopic (exact) mass is 297 g/mol. The van der Waals surface area contributed by atoms with Crippen molar-refractivity contribution in [3.05, 3.63) is 35.9 Å². The molecule has 20 heavy (non-hydrogen) atoms. The maximum atomic E-state index is 11.8. The van der Waals surface area contributed by atoms with E-state index in [-0.39, 0.29) is 11.9 Å². The van der Waals surface area contributed by atoms with Crippen molar-refractivity contribution in [2.45, 2.75) is 31.1 Å². The third-order valence-corrected chi connectivity index (χ3v) is 4.40. The molecule has 0 bridgehead atoms. The van der Waals surface area contributed by atoms with E-state index in [9.17, 15) is 9.90 Å². The quantitative estimate of drug-likeness (QED) is 0.651. The molecule has 0 spiro atoms. The van der Waals surface area contributed by atoms with Crippen LogP contribution in [0.3, 0.4) is 0 Å². The number of nitrogens with one attached hydrogen (secondary N) is 1. The smallest absolute Gasteiger partial charge is 0.328 e. The fourth-order valence-electron chi connectivity index (χ4n) is 2.13. The second-order valence-electron chi connectivity index (χ2n) is 4.72. The number of carbonyl (C=O) groups is 1. The zero-order chi connectivity index (χ0) is 15.0. The molecule has 4 nitrogen and oxygen atoms in total. The van der Waals surface area contributed by atoms with Gasteiger partial charge in [0, 0.05) is 5.25 Å². The largest absolute Gasteiger partial charge is 0.480 e. The van der Waals surface area contributed by atoms with Crippen molar-refractivity contribution >= 4 is 17.7 Å². The van der Waals surface area contributed by atoms with Gasteiger partial charge in [0.2, 0.25) is 0 Å². The standard InChI is InChI=1S/C15H23NO3S/c1-3-16-15(14(18)19,9-10-20-12(2)11-17)13-7-5-4-6-8-13/h4-8,12,16-17H,3,9-11H2,1-2H3,(H,18,19). The number of aliphatic hydroxyl groups excluding tert-OH is 1. The minimum atomic E-state index is -1.06. The van der Waals surface area contributed by atoms with Gasteiger partial charge in [-0.25, -0.2) is 4.79 Å². The first kappa shape index (κ1) is 17.0. The fraction of sp³-hybridized carbons (Fsp3) is 0.533. The highest BCUT2D eigenvalue weighted by Gasteiger charge is 2.39. The van der Waals surface area contributed by atoms with Crippen LogP contribution >= 0.6 is 11.8 Å². The van der Waals surface area contributed by atoms with Crippen molar-refractivity contribution < 1.29 is 15.0 Å². The Balaban J connectivity index is 2.92. The number of thioether (sulfide) groups is 1. The van der Waals surface area contributed by atoms with E-state index >= 15 is 0 Å². The van der Waals surface area contributed by atoms with Crippen LogP contribution in [0.15, 0.2) is 30.3 Å². The molecule has 0 aliphatic carbocycles. The van der Waals surface area contributed by atoms with E-state index in [1.54, 1.807) is 11.8 Å². The van der Waals surface area contributed by atoms with Gasteiger partial charge in [-0.3, -0.25) is 5.32 Å². The predicted octanol–water partition coefficient (Wildman–Crippen LogP) is 2.08. The molecule has 2 unspecified atom stereocenters. The molecule has 0 aromatic heterocycles. The van der Waals surface area contributed by atoms with Crippen molar-refractivity contribution in [1.29, 1.82) is 0 Å².